The molecule has 16 heteroatoms. The van der Waals surface area contributed by atoms with E-state index in [1.165, 1.54) is 0 Å². The van der Waals surface area contributed by atoms with E-state index in [-0.39, 0.29) is 30.3 Å². The van der Waals surface area contributed by atoms with Crippen molar-refractivity contribution in [1.29, 1.82) is 0 Å². The van der Waals surface area contributed by atoms with Crippen LogP contribution < -0.4 is 22.4 Å². The van der Waals surface area contributed by atoms with Crippen LogP contribution in [0.4, 0.5) is 5.82 Å². The Morgan fingerprint density at radius 2 is 2.11 bits per heavy atom. The number of nitrogens with zero attached hydrogens (tertiary/aromatic N) is 5. The summed E-state index contributed by atoms with van der Waals surface area (Å²) in [4.78, 5) is 28.0. The largest absolute Gasteiger partial charge is 0.386 e. The fourth-order valence-electron chi connectivity index (χ4n) is 3.79. The maximum atomic E-state index is 9.65. The topological polar surface area (TPSA) is 191 Å². The van der Waals surface area contributed by atoms with Crippen molar-refractivity contribution in [2.75, 3.05) is 11.9 Å². The number of ether oxygens (including phenoxy) is 2. The standard InChI is InChI=1S/C20H26Cl2N9O4P/c21-14-4-2-1-3-11(14)8-25-18-13-9-26-31(19(13)28-20(22)27-18)16-6-5-12(35-16)10-34-17(36(32)33)7-15(23)29-30-24/h1-4,9,12,16-17,30,32-33H,5-8,10,24H2,(H2,23,29)(H,25,27,28). The Morgan fingerprint density at radius 1 is 1.31 bits per heavy atom. The molecule has 0 spiro atoms. The molecule has 3 aromatic rings. The lowest BCUT2D eigenvalue weighted by Gasteiger charge is -2.21. The fourth-order valence-corrected chi connectivity index (χ4v) is 4.72. The predicted molar refractivity (Wildman–Crippen MR) is 137 cm³/mol. The van der Waals surface area contributed by atoms with Gasteiger partial charge in [-0.05, 0) is 36.1 Å². The average Bonchev–Trinajstić information content (AvgIpc) is 3.48. The highest BCUT2D eigenvalue weighted by molar-refractivity contribution is 7.45. The molecule has 1 fully saturated rings. The summed E-state index contributed by atoms with van der Waals surface area (Å²) in [7, 11) is -2.40. The summed E-state index contributed by atoms with van der Waals surface area (Å²) in [6, 6.07) is 7.52. The quantitative estimate of drug-likeness (QED) is 0.0505. The molecule has 1 aliphatic heterocycles. The van der Waals surface area contributed by atoms with Gasteiger partial charge in [0.25, 0.3) is 0 Å². The molecule has 1 saturated heterocycles. The first kappa shape index (κ1) is 26.7. The van der Waals surface area contributed by atoms with Gasteiger partial charge in [-0.2, -0.15) is 20.2 Å². The number of amidine groups is 1. The number of nitrogens with one attached hydrogen (secondary N) is 2. The summed E-state index contributed by atoms with van der Waals surface area (Å²) in [5.74, 6) is 4.78. The summed E-state index contributed by atoms with van der Waals surface area (Å²) in [5, 5.41) is 12.7. The van der Waals surface area contributed by atoms with Gasteiger partial charge in [-0.3, -0.25) is 0 Å². The van der Waals surface area contributed by atoms with Crippen LogP contribution in [0, 0.1) is 0 Å². The molecule has 1 aromatic carbocycles. The number of hydrogen-bond donors (Lipinski definition) is 6. The monoisotopic (exact) mass is 557 g/mol. The SMILES string of the molecule is NN/N=C(\N)CC(OCC1CCC(n2ncc3c(NCc4ccccc4Cl)nc(Cl)nc32)O1)P(O)O. The number of nitrogens with two attached hydrogens (primary N) is 2. The van der Waals surface area contributed by atoms with E-state index in [0.717, 1.165) is 5.56 Å². The van der Waals surface area contributed by atoms with Crippen molar-refractivity contribution in [3.05, 3.63) is 46.3 Å². The van der Waals surface area contributed by atoms with E-state index in [1.54, 1.807) is 10.9 Å². The third-order valence-corrected chi connectivity index (χ3v) is 6.90. The molecule has 3 heterocycles. The fraction of sp³-hybridized carbons (Fsp3) is 0.400. The number of aromatic nitrogens is 4. The number of hydrogen-bond acceptors (Lipinski definition) is 11. The second-order valence-corrected chi connectivity index (χ2v) is 9.91. The Hall–Kier alpha value is -2.35. The number of hydrazone groups is 1. The molecule has 3 atom stereocenters. The normalized spacial score (nSPS) is 19.2. The van der Waals surface area contributed by atoms with Crippen LogP contribution in [0.1, 0.15) is 31.1 Å². The minimum atomic E-state index is -2.40. The van der Waals surface area contributed by atoms with Crippen molar-refractivity contribution in [1.82, 2.24) is 25.3 Å². The van der Waals surface area contributed by atoms with Gasteiger partial charge >= 0.3 is 0 Å². The van der Waals surface area contributed by atoms with E-state index < -0.39 is 20.4 Å². The lowest BCUT2D eigenvalue weighted by atomic mass is 10.2. The van der Waals surface area contributed by atoms with Crippen molar-refractivity contribution in [2.24, 2.45) is 16.7 Å². The van der Waals surface area contributed by atoms with Crippen LogP contribution in [0.5, 0.6) is 0 Å². The van der Waals surface area contributed by atoms with Crippen molar-refractivity contribution < 1.29 is 19.3 Å². The smallest absolute Gasteiger partial charge is 0.226 e. The third-order valence-electron chi connectivity index (χ3n) is 5.51. The number of benzene rings is 1. The molecule has 3 unspecified atom stereocenters. The third kappa shape index (κ3) is 6.50. The molecule has 194 valence electrons. The maximum absolute atomic E-state index is 9.65. The Labute approximate surface area is 217 Å². The molecule has 13 nitrogen and oxygen atoms in total. The molecule has 0 radical (unpaired) electrons. The van der Waals surface area contributed by atoms with E-state index in [9.17, 15) is 9.79 Å². The first-order chi connectivity index (χ1) is 17.4. The molecule has 0 aliphatic carbocycles. The number of anilines is 1. The van der Waals surface area contributed by atoms with E-state index in [1.807, 2.05) is 24.3 Å². The van der Waals surface area contributed by atoms with Gasteiger partial charge in [-0.25, -0.2) is 16.1 Å². The van der Waals surface area contributed by atoms with Gasteiger partial charge in [-0.15, -0.1) is 0 Å². The van der Waals surface area contributed by atoms with Gasteiger partial charge < -0.3 is 30.3 Å². The molecule has 8 N–H and O–H groups in total. The minimum absolute atomic E-state index is 0.00222. The maximum Gasteiger partial charge on any atom is 0.226 e. The molecule has 0 bridgehead atoms. The number of hydrazine groups is 1. The Kier molecular flexibility index (Phi) is 9.09. The van der Waals surface area contributed by atoms with Gasteiger partial charge in [-0.1, -0.05) is 29.8 Å². The zero-order valence-electron chi connectivity index (χ0n) is 19.0. The summed E-state index contributed by atoms with van der Waals surface area (Å²) in [6.07, 6.45) is 2.26. The molecule has 36 heavy (non-hydrogen) atoms. The predicted octanol–water partition coefficient (Wildman–Crippen LogP) is 2.19. The highest BCUT2D eigenvalue weighted by Gasteiger charge is 2.31. The lowest BCUT2D eigenvalue weighted by Crippen LogP contribution is -2.28. The molecule has 2 aromatic heterocycles. The van der Waals surface area contributed by atoms with Crippen LogP contribution in [0.3, 0.4) is 0 Å². The van der Waals surface area contributed by atoms with Crippen molar-refractivity contribution in [3.8, 4) is 0 Å². The first-order valence-corrected chi connectivity index (χ1v) is 13.0. The lowest BCUT2D eigenvalue weighted by molar-refractivity contribution is -0.0503. The van der Waals surface area contributed by atoms with Crippen molar-refractivity contribution >= 4 is 54.3 Å². The van der Waals surface area contributed by atoms with Crippen molar-refractivity contribution in [2.45, 2.75) is 44.0 Å². The van der Waals surface area contributed by atoms with Gasteiger partial charge in [0.2, 0.25) is 5.28 Å². The highest BCUT2D eigenvalue weighted by atomic mass is 35.5. The Bertz CT molecular complexity index is 1220. The Morgan fingerprint density at radius 3 is 2.86 bits per heavy atom. The molecule has 4 rings (SSSR count). The summed E-state index contributed by atoms with van der Waals surface area (Å²) in [6.45, 7) is 0.576. The van der Waals surface area contributed by atoms with Crippen LogP contribution >= 0.6 is 31.6 Å². The second kappa shape index (κ2) is 12.3. The van der Waals surface area contributed by atoms with E-state index in [4.69, 9.17) is 44.3 Å². The van der Waals surface area contributed by atoms with Gasteiger partial charge in [0.1, 0.15) is 17.5 Å². The van der Waals surface area contributed by atoms with Crippen molar-refractivity contribution in [3.63, 3.8) is 0 Å². The second-order valence-electron chi connectivity index (χ2n) is 7.95. The number of rotatable bonds is 11. The molecule has 0 saturated carbocycles. The zero-order valence-corrected chi connectivity index (χ0v) is 21.4. The average molecular weight is 558 g/mol. The first-order valence-electron chi connectivity index (χ1n) is 11.0. The van der Waals surface area contributed by atoms with Crippen LogP contribution in [0.15, 0.2) is 35.6 Å². The number of fused-ring (bicyclic) bond motifs is 1. The summed E-state index contributed by atoms with van der Waals surface area (Å²) >= 11 is 12.5. The molecule has 1 aliphatic rings. The molecule has 0 amide bonds. The van der Waals surface area contributed by atoms with Gasteiger partial charge in [0, 0.05) is 18.0 Å². The van der Waals surface area contributed by atoms with Crippen LogP contribution in [0.2, 0.25) is 10.3 Å². The minimum Gasteiger partial charge on any atom is -0.386 e. The summed E-state index contributed by atoms with van der Waals surface area (Å²) in [5.41, 5.74) is 9.16. The highest BCUT2D eigenvalue weighted by Crippen LogP contribution is 2.36. The zero-order chi connectivity index (χ0) is 25.7. The van der Waals surface area contributed by atoms with E-state index >= 15 is 0 Å². The number of halogens is 2. The van der Waals surface area contributed by atoms with Crippen LogP contribution in [-0.2, 0) is 16.0 Å². The van der Waals surface area contributed by atoms with Gasteiger partial charge in [0.15, 0.2) is 20.3 Å². The Balaban J connectivity index is 1.42. The summed E-state index contributed by atoms with van der Waals surface area (Å²) < 4.78 is 13.4. The van der Waals surface area contributed by atoms with E-state index in [2.05, 4.69) is 31.0 Å². The van der Waals surface area contributed by atoms with Crippen LogP contribution in [-0.4, -0.2) is 53.9 Å². The van der Waals surface area contributed by atoms with Crippen LogP contribution in [0.25, 0.3) is 11.0 Å². The van der Waals surface area contributed by atoms with E-state index in [0.29, 0.717) is 41.3 Å². The van der Waals surface area contributed by atoms with Gasteiger partial charge in [0.05, 0.1) is 24.3 Å². The molecular formula is C20H26Cl2N9O4P. The molecular weight excluding hydrogens is 532 g/mol.